The largest absolute Gasteiger partial charge is 0.269 e. The minimum absolute atomic E-state index is 0. The Bertz CT molecular complexity index is 197. The Labute approximate surface area is 93.9 Å². The van der Waals surface area contributed by atoms with Crippen molar-refractivity contribution < 1.29 is 26.2 Å². The molecule has 0 nitrogen and oxygen atoms in total. The normalized spacial score (nSPS) is 14.3. The maximum Gasteiger partial charge on any atom is 0 e. The average Bonchev–Trinajstić information content (AvgIpc) is 2.39. The Hall–Kier alpha value is -0.157. The molecule has 0 aromatic heterocycles. The molecule has 0 amide bonds. The molecule has 1 aliphatic carbocycles. The summed E-state index contributed by atoms with van der Waals surface area (Å²) in [4.78, 5) is 0. The summed E-state index contributed by atoms with van der Waals surface area (Å²) in [5, 5.41) is 0. The van der Waals surface area contributed by atoms with Crippen molar-refractivity contribution in [3.63, 3.8) is 0 Å². The van der Waals surface area contributed by atoms with E-state index in [4.69, 9.17) is 0 Å². The van der Waals surface area contributed by atoms with Gasteiger partial charge >= 0.3 is 0 Å². The third-order valence-electron chi connectivity index (χ3n) is 1.76. The molecule has 0 aliphatic heterocycles. The summed E-state index contributed by atoms with van der Waals surface area (Å²) in [7, 11) is 0. The predicted octanol–water partition coefficient (Wildman–Crippen LogP) is 3.20. The molecular weight excluding hydrogens is 223 g/mol. The smallest absolute Gasteiger partial charge is 0 e. The first-order valence-corrected chi connectivity index (χ1v) is 3.89. The summed E-state index contributed by atoms with van der Waals surface area (Å²) in [6, 6.07) is 0. The molecule has 1 heteroatoms. The molecule has 0 aromatic carbocycles. The summed E-state index contributed by atoms with van der Waals surface area (Å²) in [6.07, 6.45) is 12.2. The van der Waals surface area contributed by atoms with E-state index in [1.165, 1.54) is 11.1 Å². The van der Waals surface area contributed by atoms with Gasteiger partial charge in [-0.2, -0.15) is 11.6 Å². The SMILES string of the molecule is C=CCC1=[C-]CC=C1CC=C.[Zr]. The van der Waals surface area contributed by atoms with Gasteiger partial charge in [-0.15, -0.1) is 25.7 Å². The van der Waals surface area contributed by atoms with Gasteiger partial charge < -0.3 is 0 Å². The van der Waals surface area contributed by atoms with Crippen LogP contribution < -0.4 is 0 Å². The Morgan fingerprint density at radius 2 is 2.00 bits per heavy atom. The Morgan fingerprint density at radius 3 is 2.58 bits per heavy atom. The van der Waals surface area contributed by atoms with Crippen molar-refractivity contribution >= 4 is 0 Å². The third kappa shape index (κ3) is 3.07. The molecule has 0 atom stereocenters. The van der Waals surface area contributed by atoms with Gasteiger partial charge in [0.15, 0.2) is 0 Å². The summed E-state index contributed by atoms with van der Waals surface area (Å²) in [6.45, 7) is 7.42. The van der Waals surface area contributed by atoms with Gasteiger partial charge in [-0.3, -0.25) is 6.08 Å². The van der Waals surface area contributed by atoms with Crippen LogP contribution >= 0.6 is 0 Å². The van der Waals surface area contributed by atoms with Crippen molar-refractivity contribution in [3.8, 4) is 0 Å². The molecule has 0 N–H and O–H groups in total. The zero-order valence-electron chi connectivity index (χ0n) is 7.27. The number of hydrogen-bond acceptors (Lipinski definition) is 0. The number of hydrogen-bond donors (Lipinski definition) is 0. The second kappa shape index (κ2) is 6.37. The maximum atomic E-state index is 3.71. The van der Waals surface area contributed by atoms with Gasteiger partial charge in [0.25, 0.3) is 0 Å². The minimum atomic E-state index is 0. The first-order chi connectivity index (χ1) is 5.38. The van der Waals surface area contributed by atoms with E-state index in [-0.39, 0.29) is 26.2 Å². The number of allylic oxidation sites excluding steroid dienone is 6. The van der Waals surface area contributed by atoms with E-state index in [0.717, 1.165) is 19.3 Å². The Kier molecular flexibility index (Phi) is 6.29. The zero-order chi connectivity index (χ0) is 8.10. The van der Waals surface area contributed by atoms with Crippen molar-refractivity contribution in [2.75, 3.05) is 0 Å². The molecule has 0 heterocycles. The van der Waals surface area contributed by atoms with E-state index >= 15 is 0 Å². The van der Waals surface area contributed by atoms with E-state index in [1.807, 2.05) is 12.2 Å². The van der Waals surface area contributed by atoms with Crippen LogP contribution in [-0.4, -0.2) is 0 Å². The maximum absolute atomic E-state index is 3.71. The van der Waals surface area contributed by atoms with Crippen LogP contribution in [0, 0.1) is 6.08 Å². The standard InChI is InChI=1S/C11H13.Zr/c1-3-6-10-8-5-9-11(10)7-4-2;/h3-4,8H,1-2,5-7H2;/q-1;. The van der Waals surface area contributed by atoms with E-state index < -0.39 is 0 Å². The van der Waals surface area contributed by atoms with Crippen LogP contribution in [0.5, 0.6) is 0 Å². The quantitative estimate of drug-likeness (QED) is 0.519. The van der Waals surface area contributed by atoms with Crippen LogP contribution in [0.3, 0.4) is 0 Å². The molecular formula is C11H13Zr-. The second-order valence-electron chi connectivity index (χ2n) is 2.57. The molecule has 0 unspecified atom stereocenters. The molecule has 0 spiro atoms. The Balaban J connectivity index is 0.00000121. The van der Waals surface area contributed by atoms with Gasteiger partial charge in [0, 0.05) is 26.2 Å². The summed E-state index contributed by atoms with van der Waals surface area (Å²) >= 11 is 0. The summed E-state index contributed by atoms with van der Waals surface area (Å²) in [5.41, 5.74) is 2.68. The zero-order valence-corrected chi connectivity index (χ0v) is 9.73. The fourth-order valence-corrected chi connectivity index (χ4v) is 1.24. The fraction of sp³-hybridized carbons (Fsp3) is 0.273. The molecule has 0 fully saturated rings. The van der Waals surface area contributed by atoms with E-state index in [9.17, 15) is 0 Å². The van der Waals surface area contributed by atoms with Gasteiger partial charge in [0.05, 0.1) is 0 Å². The average molecular weight is 236 g/mol. The molecule has 1 rings (SSSR count). The van der Waals surface area contributed by atoms with Crippen molar-refractivity contribution in [1.82, 2.24) is 0 Å². The molecule has 0 aromatic rings. The van der Waals surface area contributed by atoms with Crippen LogP contribution in [0.25, 0.3) is 0 Å². The monoisotopic (exact) mass is 235 g/mol. The summed E-state index contributed by atoms with van der Waals surface area (Å²) in [5.74, 6) is 0. The molecule has 1 aliphatic rings. The molecule has 0 bridgehead atoms. The van der Waals surface area contributed by atoms with Gasteiger partial charge in [0.1, 0.15) is 0 Å². The summed E-state index contributed by atoms with van der Waals surface area (Å²) < 4.78 is 0. The van der Waals surface area contributed by atoms with Crippen molar-refractivity contribution in [2.24, 2.45) is 0 Å². The topological polar surface area (TPSA) is 0 Å². The van der Waals surface area contributed by atoms with Crippen molar-refractivity contribution in [3.05, 3.63) is 48.6 Å². The van der Waals surface area contributed by atoms with E-state index in [0.29, 0.717) is 0 Å². The van der Waals surface area contributed by atoms with Gasteiger partial charge in [-0.05, 0) is 6.42 Å². The Morgan fingerprint density at radius 1 is 1.33 bits per heavy atom. The molecule has 0 radical (unpaired) electrons. The van der Waals surface area contributed by atoms with Gasteiger partial charge in [-0.25, -0.2) is 5.57 Å². The van der Waals surface area contributed by atoms with Crippen LogP contribution in [0.1, 0.15) is 19.3 Å². The molecule has 0 saturated carbocycles. The predicted molar refractivity (Wildman–Crippen MR) is 49.1 cm³/mol. The van der Waals surface area contributed by atoms with E-state index in [2.05, 4.69) is 25.3 Å². The minimum Gasteiger partial charge on any atom is -0.269 e. The van der Waals surface area contributed by atoms with Crippen molar-refractivity contribution in [2.45, 2.75) is 19.3 Å². The second-order valence-corrected chi connectivity index (χ2v) is 2.57. The number of rotatable bonds is 4. The van der Waals surface area contributed by atoms with Crippen LogP contribution in [-0.2, 0) is 26.2 Å². The third-order valence-corrected chi connectivity index (χ3v) is 1.76. The van der Waals surface area contributed by atoms with Crippen molar-refractivity contribution in [1.29, 1.82) is 0 Å². The molecule has 62 valence electrons. The van der Waals surface area contributed by atoms with Crippen LogP contribution in [0.2, 0.25) is 0 Å². The first kappa shape index (κ1) is 11.8. The fourth-order valence-electron chi connectivity index (χ4n) is 1.24. The molecule has 0 saturated heterocycles. The van der Waals surface area contributed by atoms with Gasteiger partial charge in [0.2, 0.25) is 0 Å². The van der Waals surface area contributed by atoms with Crippen LogP contribution in [0.4, 0.5) is 0 Å². The van der Waals surface area contributed by atoms with Crippen LogP contribution in [0.15, 0.2) is 42.5 Å². The van der Waals surface area contributed by atoms with E-state index in [1.54, 1.807) is 0 Å². The van der Waals surface area contributed by atoms with Gasteiger partial charge in [-0.1, -0.05) is 12.5 Å². The first-order valence-electron chi connectivity index (χ1n) is 3.89. The molecule has 12 heavy (non-hydrogen) atoms.